The largest absolute Gasteiger partial charge is 0.472 e. The molecule has 0 bridgehead atoms. The summed E-state index contributed by atoms with van der Waals surface area (Å²) in [5.41, 5.74) is 0. The summed E-state index contributed by atoms with van der Waals surface area (Å²) < 4.78 is 52.6. The van der Waals surface area contributed by atoms with Gasteiger partial charge >= 0.3 is 27.6 Å². The monoisotopic (exact) mass is 858 g/mol. The van der Waals surface area contributed by atoms with Gasteiger partial charge in [-0.05, 0) is 44.9 Å². The molecule has 17 heteroatoms. The molecular weight excluding hydrogens is 794 g/mol. The van der Waals surface area contributed by atoms with E-state index >= 15 is 0 Å². The van der Waals surface area contributed by atoms with Crippen molar-refractivity contribution in [3.05, 3.63) is 109 Å². The maximum atomic E-state index is 12.1. The number of rotatable bonds is 35. The highest BCUT2D eigenvalue weighted by Gasteiger charge is 2.28. The normalized spacial score (nSPS) is 16.6. The molecule has 0 aromatic rings. The van der Waals surface area contributed by atoms with Crippen LogP contribution < -0.4 is 0 Å². The van der Waals surface area contributed by atoms with Gasteiger partial charge in [0.1, 0.15) is 31.5 Å². The fourth-order valence-electron chi connectivity index (χ4n) is 3.96. The minimum Gasteiger partial charge on any atom is -0.463 e. The lowest BCUT2D eigenvalue weighted by atomic mass is 10.1. The topological polar surface area (TPSA) is 225 Å². The SMILES string of the molecule is CC/C=C/C=C/C=C\C=C/C=C/CCCC(=O)OCC(O)COP(=O)(O)OCC(O)COP(=O)(O)OCC(O)COC(=O)CCCCC\C=C/C=C\C=C\C=C\CC. The van der Waals surface area contributed by atoms with E-state index in [1.54, 1.807) is 0 Å². The zero-order valence-corrected chi connectivity index (χ0v) is 35.4. The lowest BCUT2D eigenvalue weighted by Gasteiger charge is -2.19. The van der Waals surface area contributed by atoms with E-state index in [9.17, 15) is 43.8 Å². The molecule has 5 N–H and O–H groups in total. The van der Waals surface area contributed by atoms with Gasteiger partial charge in [-0.2, -0.15) is 0 Å². The summed E-state index contributed by atoms with van der Waals surface area (Å²) in [7, 11) is -9.60. The smallest absolute Gasteiger partial charge is 0.463 e. The van der Waals surface area contributed by atoms with Crippen molar-refractivity contribution in [1.29, 1.82) is 0 Å². The van der Waals surface area contributed by atoms with Crippen LogP contribution in [-0.2, 0) is 46.3 Å². The predicted octanol–water partition coefficient (Wildman–Crippen LogP) is 7.37. The Balaban J connectivity index is 4.10. The van der Waals surface area contributed by atoms with Crippen LogP contribution >= 0.6 is 15.6 Å². The second-order valence-electron chi connectivity index (χ2n) is 12.4. The Morgan fingerprint density at radius 1 is 0.448 bits per heavy atom. The number of hydrogen-bond acceptors (Lipinski definition) is 13. The van der Waals surface area contributed by atoms with Crippen LogP contribution in [0.3, 0.4) is 0 Å². The van der Waals surface area contributed by atoms with Crippen molar-refractivity contribution in [2.45, 2.75) is 96.4 Å². The first-order valence-electron chi connectivity index (χ1n) is 19.4. The molecule has 0 amide bonds. The highest BCUT2D eigenvalue weighted by Crippen LogP contribution is 2.45. The van der Waals surface area contributed by atoms with Gasteiger partial charge in [0.2, 0.25) is 0 Å². The number of carbonyl (C=O) groups is 2. The fraction of sp³-hybridized carbons (Fsp3) is 0.512. The molecule has 328 valence electrons. The number of unbranched alkanes of at least 4 members (excludes halogenated alkanes) is 4. The Morgan fingerprint density at radius 3 is 1.14 bits per heavy atom. The zero-order valence-electron chi connectivity index (χ0n) is 33.7. The second-order valence-corrected chi connectivity index (χ2v) is 15.3. The lowest BCUT2D eigenvalue weighted by molar-refractivity contribution is -0.148. The number of phosphoric ester groups is 2. The first kappa shape index (κ1) is 54.7. The summed E-state index contributed by atoms with van der Waals surface area (Å²) in [6.07, 6.45) is 36.9. The molecule has 0 saturated heterocycles. The van der Waals surface area contributed by atoms with Gasteiger partial charge in [-0.3, -0.25) is 27.7 Å². The van der Waals surface area contributed by atoms with Gasteiger partial charge in [0.25, 0.3) is 0 Å². The quantitative estimate of drug-likeness (QED) is 0.0182. The van der Waals surface area contributed by atoms with Gasteiger partial charge < -0.3 is 34.6 Å². The van der Waals surface area contributed by atoms with Crippen molar-refractivity contribution in [2.24, 2.45) is 0 Å². The third-order valence-corrected chi connectivity index (χ3v) is 8.85. The molecule has 0 fully saturated rings. The van der Waals surface area contributed by atoms with E-state index in [1.807, 2.05) is 97.2 Å². The number of ether oxygens (including phenoxy) is 2. The van der Waals surface area contributed by atoms with Crippen molar-refractivity contribution < 1.29 is 71.4 Å². The number of aliphatic hydroxyl groups excluding tert-OH is 3. The summed E-state index contributed by atoms with van der Waals surface area (Å²) in [5, 5.41) is 29.8. The Morgan fingerprint density at radius 2 is 0.759 bits per heavy atom. The molecule has 5 atom stereocenters. The maximum absolute atomic E-state index is 12.1. The van der Waals surface area contributed by atoms with Crippen LogP contribution in [-0.4, -0.2) is 95.0 Å². The molecule has 0 radical (unpaired) electrons. The van der Waals surface area contributed by atoms with Crippen LogP contribution in [0.4, 0.5) is 0 Å². The molecular formula is C41H64O15P2. The Hall–Kier alpha value is -3.30. The summed E-state index contributed by atoms with van der Waals surface area (Å²) in [6, 6.07) is 0. The van der Waals surface area contributed by atoms with Gasteiger partial charge in [-0.1, -0.05) is 130 Å². The van der Waals surface area contributed by atoms with Crippen LogP contribution in [0.1, 0.15) is 78.1 Å². The molecule has 0 heterocycles. The van der Waals surface area contributed by atoms with Crippen LogP contribution in [0.5, 0.6) is 0 Å². The van der Waals surface area contributed by atoms with Gasteiger partial charge in [0.05, 0.1) is 26.4 Å². The lowest BCUT2D eigenvalue weighted by Crippen LogP contribution is -2.25. The minimum absolute atomic E-state index is 0.0931. The van der Waals surface area contributed by atoms with Gasteiger partial charge in [-0.25, -0.2) is 9.13 Å². The molecule has 15 nitrogen and oxygen atoms in total. The number of hydrogen-bond donors (Lipinski definition) is 5. The van der Waals surface area contributed by atoms with Crippen molar-refractivity contribution in [2.75, 3.05) is 39.6 Å². The molecule has 58 heavy (non-hydrogen) atoms. The first-order valence-corrected chi connectivity index (χ1v) is 22.3. The van der Waals surface area contributed by atoms with Crippen LogP contribution in [0, 0.1) is 0 Å². The van der Waals surface area contributed by atoms with Crippen LogP contribution in [0.15, 0.2) is 109 Å². The number of esters is 2. The molecule has 0 aromatic heterocycles. The third kappa shape index (κ3) is 38.2. The van der Waals surface area contributed by atoms with Crippen molar-refractivity contribution in [3.8, 4) is 0 Å². The van der Waals surface area contributed by atoms with E-state index in [-0.39, 0.29) is 12.8 Å². The summed E-state index contributed by atoms with van der Waals surface area (Å²) >= 11 is 0. The fourth-order valence-corrected chi connectivity index (χ4v) is 5.55. The molecule has 0 aromatic carbocycles. The molecule has 0 aliphatic heterocycles. The number of carbonyl (C=O) groups excluding carboxylic acids is 2. The van der Waals surface area contributed by atoms with Crippen LogP contribution in [0.2, 0.25) is 0 Å². The Bertz CT molecular complexity index is 1460. The first-order chi connectivity index (χ1) is 27.8. The number of aliphatic hydroxyl groups is 3. The van der Waals surface area contributed by atoms with Crippen molar-refractivity contribution >= 4 is 27.6 Å². The second kappa shape index (κ2) is 36.8. The molecule has 0 saturated carbocycles. The van der Waals surface area contributed by atoms with Crippen molar-refractivity contribution in [1.82, 2.24) is 0 Å². The average Bonchev–Trinajstić information content (AvgIpc) is 3.19. The van der Waals surface area contributed by atoms with E-state index in [2.05, 4.69) is 44.1 Å². The van der Waals surface area contributed by atoms with Crippen molar-refractivity contribution in [3.63, 3.8) is 0 Å². The van der Waals surface area contributed by atoms with E-state index in [0.29, 0.717) is 19.3 Å². The van der Waals surface area contributed by atoms with Crippen LogP contribution in [0.25, 0.3) is 0 Å². The summed E-state index contributed by atoms with van der Waals surface area (Å²) in [4.78, 5) is 43.4. The molecule has 0 rings (SSSR count). The van der Waals surface area contributed by atoms with E-state index < -0.39 is 85.5 Å². The predicted molar refractivity (Wildman–Crippen MR) is 223 cm³/mol. The molecule has 0 aliphatic rings. The standard InChI is InChI=1S/C41H64O15P2/c1-3-5-7-9-11-13-15-17-19-21-23-25-27-29-40(45)51-31-37(42)33-53-57(47,48)55-35-39(44)36-56-58(49,50)54-34-38(43)32-52-41(46)30-28-26-24-22-20-18-16-14-12-10-8-6-4-2/h5-21,23,37-39,42-44H,3-4,22,24-36H2,1-2H3,(H,47,48)(H,49,50)/b7-5+,8-6+,11-9+,12-10+,15-13-,16-14-,19-17-,20-18-,23-21+. The summed E-state index contributed by atoms with van der Waals surface area (Å²) in [6.45, 7) is -0.0864. The minimum atomic E-state index is -4.80. The third-order valence-electron chi connectivity index (χ3n) is 6.95. The van der Waals surface area contributed by atoms with E-state index in [4.69, 9.17) is 9.47 Å². The number of allylic oxidation sites excluding steroid dienone is 18. The zero-order chi connectivity index (χ0) is 43.2. The molecule has 0 aliphatic carbocycles. The molecule has 0 spiro atoms. The Kier molecular flexibility index (Phi) is 34.7. The van der Waals surface area contributed by atoms with Gasteiger partial charge in [0.15, 0.2) is 0 Å². The number of phosphoric acid groups is 2. The van der Waals surface area contributed by atoms with Gasteiger partial charge in [-0.15, -0.1) is 0 Å². The maximum Gasteiger partial charge on any atom is 0.472 e. The summed E-state index contributed by atoms with van der Waals surface area (Å²) in [5.74, 6) is -1.12. The van der Waals surface area contributed by atoms with E-state index in [0.717, 1.165) is 32.1 Å². The highest BCUT2D eigenvalue weighted by atomic mass is 31.2. The average molecular weight is 859 g/mol. The van der Waals surface area contributed by atoms with Gasteiger partial charge in [0, 0.05) is 12.8 Å². The Labute approximate surface area is 343 Å². The highest BCUT2D eigenvalue weighted by molar-refractivity contribution is 7.47. The molecule has 5 unspecified atom stereocenters. The van der Waals surface area contributed by atoms with E-state index in [1.165, 1.54) is 0 Å².